The largest absolute Gasteiger partial charge is 0.459 e. The Kier molecular flexibility index (Phi) is 47.1. The van der Waals surface area contributed by atoms with Crippen molar-refractivity contribution >= 4 is 245 Å². The molecule has 120 heavy (non-hydrogen) atoms. The number of anilines is 2. The highest BCUT2D eigenvalue weighted by Crippen LogP contribution is 2.49. The van der Waals surface area contributed by atoms with Gasteiger partial charge in [0.2, 0.25) is 0 Å². The van der Waals surface area contributed by atoms with E-state index in [0.717, 1.165) is 69.2 Å². The van der Waals surface area contributed by atoms with Gasteiger partial charge in [-0.2, -0.15) is 0 Å². The first-order chi connectivity index (χ1) is 56.2. The van der Waals surface area contributed by atoms with E-state index in [1.807, 2.05) is 0 Å². The van der Waals surface area contributed by atoms with Crippen LogP contribution in [0.25, 0.3) is 11.1 Å². The number of amides is 6. The van der Waals surface area contributed by atoms with Crippen LogP contribution < -0.4 is 31.9 Å². The predicted octanol–water partition coefficient (Wildman–Crippen LogP) is -1.98. The lowest BCUT2D eigenvalue weighted by molar-refractivity contribution is -0.168. The van der Waals surface area contributed by atoms with Crippen molar-refractivity contribution in [3.8, 4) is 11.1 Å². The lowest BCUT2D eigenvalue weighted by Crippen LogP contribution is -2.41. The summed E-state index contributed by atoms with van der Waals surface area (Å²) in [4.78, 5) is 315. The lowest BCUT2D eigenvalue weighted by atomic mass is 9.88. The van der Waals surface area contributed by atoms with E-state index in [2.05, 4.69) is 50.8 Å². The number of halogens is 4. The minimum absolute atomic E-state index is 0.598. The van der Waals surface area contributed by atoms with Crippen molar-refractivity contribution in [3.63, 3.8) is 0 Å². The molecule has 6 N–H and O–H groups in total. The first kappa shape index (κ1) is 105. The molecule has 0 aliphatic heterocycles. The quantitative estimate of drug-likeness (QED) is 0.0238. The molecule has 658 valence electrons. The highest BCUT2D eigenvalue weighted by molar-refractivity contribution is 14.1. The van der Waals surface area contributed by atoms with Crippen molar-refractivity contribution in [1.29, 1.82) is 0 Å². The van der Waals surface area contributed by atoms with Crippen LogP contribution in [-0.2, 0) is 181 Å². The zero-order valence-electron chi connectivity index (χ0n) is 64.7. The van der Waals surface area contributed by atoms with E-state index in [1.54, 1.807) is 0 Å². The molecule has 0 saturated heterocycles. The second kappa shape index (κ2) is 53.9. The van der Waals surface area contributed by atoms with Crippen molar-refractivity contribution in [2.45, 2.75) is 93.7 Å². The monoisotopic (exact) mass is 2160 g/mol. The van der Waals surface area contributed by atoms with Crippen LogP contribution in [0.15, 0.2) is 0 Å². The first-order valence-corrected chi connectivity index (χ1v) is 38.1. The Morgan fingerprint density at radius 1 is 0.233 bits per heavy atom. The summed E-state index contributed by atoms with van der Waals surface area (Å²) in [5.74, 6) is -29.5. The Bertz CT molecular complexity index is 4030. The SMILES string of the molecule is CC(=O)OCC(=O)Nc1c(I)c(C(=O)NCC(COC(=O)COC(C)=O)OC(=O)COC(C)=O)c(I)c(C(=O)NCC(COC(=O)COC(C)=O)OC(=O)COC(C)=O)c1-c1c(NC(=O)COC(C)=O)c(I)c(C(=O)NCC(COC(=O)COC(C)=O)OC(=O)COC(C)=O)c(I)c1C(=O)NCC(COC(=O)COC(C)=O)OC(=O)COC(C)=O. The summed E-state index contributed by atoms with van der Waals surface area (Å²) in [5, 5.41) is 14.2. The summed E-state index contributed by atoms with van der Waals surface area (Å²) in [6.07, 6.45) is -7.49. The molecule has 0 heterocycles. The Morgan fingerprint density at radius 3 is 0.600 bits per heavy atom. The molecule has 0 radical (unpaired) electrons. The zero-order chi connectivity index (χ0) is 90.8. The first-order valence-electron chi connectivity index (χ1n) is 33.8. The number of rotatable bonds is 47. The topological polar surface area (TPSA) is 648 Å². The van der Waals surface area contributed by atoms with Crippen molar-refractivity contribution in [2.24, 2.45) is 0 Å². The summed E-state index contributed by atoms with van der Waals surface area (Å²) >= 11 is 5.52. The number of benzene rings is 2. The van der Waals surface area contributed by atoms with Crippen molar-refractivity contribution in [2.75, 3.05) is 129 Å². The zero-order valence-corrected chi connectivity index (χ0v) is 73.3. The van der Waals surface area contributed by atoms with Gasteiger partial charge in [0.25, 0.3) is 35.4 Å². The molecule has 0 spiro atoms. The number of esters is 18. The van der Waals surface area contributed by atoms with Crippen LogP contribution >= 0.6 is 90.4 Å². The number of hydrogen-bond acceptors (Lipinski definition) is 42. The molecule has 0 bridgehead atoms. The average Bonchev–Trinajstić information content (AvgIpc) is 0.720. The number of ether oxygens (including phenoxy) is 18. The molecule has 0 aliphatic carbocycles. The van der Waals surface area contributed by atoms with Gasteiger partial charge >= 0.3 is 107 Å². The molecule has 52 heteroatoms. The number of nitrogens with one attached hydrogen (secondary N) is 6. The third-order valence-electron chi connectivity index (χ3n) is 13.3. The highest BCUT2D eigenvalue weighted by atomic mass is 127. The molecule has 4 atom stereocenters. The third-order valence-corrected chi connectivity index (χ3v) is 17.6. The van der Waals surface area contributed by atoms with Gasteiger partial charge in [0.15, 0.2) is 90.5 Å². The van der Waals surface area contributed by atoms with Gasteiger partial charge in [0, 0.05) is 87.5 Å². The van der Waals surface area contributed by atoms with Crippen LogP contribution in [0.4, 0.5) is 11.4 Å². The van der Waals surface area contributed by atoms with E-state index in [0.29, 0.717) is 0 Å². The predicted molar refractivity (Wildman–Crippen MR) is 419 cm³/mol. The van der Waals surface area contributed by atoms with Gasteiger partial charge in [-0.1, -0.05) is 0 Å². The standard InChI is InChI=1S/C68H76I4N6O42/c1-29(79)103-19-43(89)77-63-53(55(65(99)73-11-39(117-49(95)25-109-35(7)85)15-113-45(91)21-105-31(3)81)59(69)57(61(63)71)67(101)75-13-41(119-51(97)27-111-37(9)87)17-115-47(93)23-107-33(5)83)54-56(66(100)74-12-40(118-50(96)26-110-36(8)86)16-114-46(92)22-106-32(4)82)60(70)58(62(72)64(54)78-44(90)20-104-30(2)80)68(102)76-14-42(120-52(98)28-112-38(10)88)18-116-48(94)24-108-34(6)84/h39-42H,11-28H2,1-10H3,(H,73,99)(H,74,100)(H,75,101)(H,76,102)(H,77,89)(H,78,90). The van der Waals surface area contributed by atoms with Crippen LogP contribution in [-0.4, -0.2) is 286 Å². The fourth-order valence-corrected chi connectivity index (χ4v) is 13.3. The van der Waals surface area contributed by atoms with Crippen LogP contribution in [0.5, 0.6) is 0 Å². The van der Waals surface area contributed by atoms with Gasteiger partial charge in [-0.15, -0.1) is 0 Å². The van der Waals surface area contributed by atoms with Gasteiger partial charge in [-0.3, -0.25) is 76.7 Å². The second-order valence-electron chi connectivity index (χ2n) is 23.2. The fraction of sp³-hybridized carbons (Fsp3) is 0.471. The van der Waals surface area contributed by atoms with Crippen molar-refractivity contribution in [3.05, 3.63) is 36.5 Å². The van der Waals surface area contributed by atoms with Crippen LogP contribution in [0.1, 0.15) is 111 Å². The minimum atomic E-state index is -1.93. The maximum absolute atomic E-state index is 16.1. The normalized spacial score (nSPS) is 11.3. The summed E-state index contributed by atoms with van der Waals surface area (Å²) in [7, 11) is 0. The lowest BCUT2D eigenvalue weighted by Gasteiger charge is -2.28. The van der Waals surface area contributed by atoms with Crippen LogP contribution in [0.3, 0.4) is 0 Å². The second-order valence-corrected chi connectivity index (χ2v) is 27.5. The number of carbonyl (C=O) groups excluding carboxylic acids is 24. The molecule has 2 aromatic carbocycles. The smallest absolute Gasteiger partial charge is 0.344 e. The van der Waals surface area contributed by atoms with Crippen molar-refractivity contribution < 1.29 is 200 Å². The van der Waals surface area contributed by atoms with Gasteiger partial charge in [0.05, 0.1) is 66.9 Å². The van der Waals surface area contributed by atoms with Crippen LogP contribution in [0.2, 0.25) is 0 Å². The molecule has 0 fully saturated rings. The van der Waals surface area contributed by atoms with Gasteiger partial charge in [0.1, 0.15) is 26.4 Å². The average molecular weight is 2160 g/mol. The molecule has 0 saturated carbocycles. The maximum atomic E-state index is 16.1. The molecule has 2 rings (SSSR count). The third kappa shape index (κ3) is 40.9. The summed E-state index contributed by atoms with van der Waals surface area (Å²) in [5.41, 5.74) is -7.28. The van der Waals surface area contributed by atoms with E-state index in [-0.39, 0.29) is 0 Å². The summed E-state index contributed by atoms with van der Waals surface area (Å²) in [6, 6.07) is 0. The van der Waals surface area contributed by atoms with Gasteiger partial charge in [-0.05, 0) is 90.4 Å². The fourth-order valence-electron chi connectivity index (χ4n) is 8.42. The molecular formula is C68H76I4N6O42. The Hall–Kier alpha value is -11.4. The Labute approximate surface area is 731 Å². The molecule has 6 amide bonds. The number of carbonyl (C=O) groups is 24. The highest BCUT2D eigenvalue weighted by Gasteiger charge is 2.39. The molecule has 0 aliphatic rings. The van der Waals surface area contributed by atoms with E-state index < -0.39 is 345 Å². The molecular weight excluding hydrogens is 2080 g/mol. The summed E-state index contributed by atoms with van der Waals surface area (Å²) < 4.78 is 87.1. The van der Waals surface area contributed by atoms with E-state index in [9.17, 15) is 95.9 Å². The van der Waals surface area contributed by atoms with Gasteiger partial charge in [-0.25, -0.2) is 38.4 Å². The van der Waals surface area contributed by atoms with E-state index >= 15 is 19.2 Å². The molecule has 4 unspecified atom stereocenters. The Balaban J connectivity index is 3.79. The van der Waals surface area contributed by atoms with Gasteiger partial charge < -0.3 is 117 Å². The minimum Gasteiger partial charge on any atom is -0.459 e. The molecule has 2 aromatic rings. The van der Waals surface area contributed by atoms with Crippen LogP contribution in [0, 0.1) is 14.3 Å². The van der Waals surface area contributed by atoms with E-state index in [4.69, 9.17) is 66.3 Å². The van der Waals surface area contributed by atoms with Crippen molar-refractivity contribution in [1.82, 2.24) is 21.3 Å². The van der Waals surface area contributed by atoms with E-state index in [1.165, 1.54) is 90.4 Å². The molecule has 48 nitrogen and oxygen atoms in total. The Morgan fingerprint density at radius 2 is 0.408 bits per heavy atom. The summed E-state index contributed by atoms with van der Waals surface area (Å²) in [6.45, 7) is -10.3. The molecule has 0 aromatic heterocycles. The maximum Gasteiger partial charge on any atom is 0.344 e. The number of hydrogen-bond donors (Lipinski definition) is 6.